The molecule has 3 rings (SSSR count). The van der Waals surface area contributed by atoms with Gasteiger partial charge in [0.2, 0.25) is 0 Å². The molecular weight excluding hydrogens is 336 g/mol. The predicted molar refractivity (Wildman–Crippen MR) is 94.8 cm³/mol. The topological polar surface area (TPSA) is 116 Å². The van der Waals surface area contributed by atoms with Crippen molar-refractivity contribution in [2.24, 2.45) is 5.41 Å². The van der Waals surface area contributed by atoms with E-state index in [4.69, 9.17) is 5.11 Å². The van der Waals surface area contributed by atoms with Gasteiger partial charge in [-0.15, -0.1) is 0 Å². The maximum Gasteiger partial charge on any atom is 0.335 e. The number of aromatic amines is 1. The lowest BCUT2D eigenvalue weighted by molar-refractivity contribution is 0.0696. The molecule has 2 aromatic rings. The molecule has 0 unspecified atom stereocenters. The minimum atomic E-state index is -1.07. The fourth-order valence-electron chi connectivity index (χ4n) is 3.09. The summed E-state index contributed by atoms with van der Waals surface area (Å²) in [6, 6.07) is 6.90. The number of nitrogens with one attached hydrogen (secondary N) is 2. The zero-order valence-electron chi connectivity index (χ0n) is 14.4. The quantitative estimate of drug-likeness (QED) is 0.783. The molecule has 1 aliphatic rings. The number of pyridine rings is 1. The van der Waals surface area contributed by atoms with Crippen LogP contribution in [-0.2, 0) is 6.42 Å². The van der Waals surface area contributed by atoms with Crippen LogP contribution in [0.3, 0.4) is 0 Å². The Balaban J connectivity index is 1.89. The molecule has 0 saturated carbocycles. The summed E-state index contributed by atoms with van der Waals surface area (Å²) in [7, 11) is 0. The molecule has 1 aromatic carbocycles. The van der Waals surface area contributed by atoms with Gasteiger partial charge in [0.25, 0.3) is 11.5 Å². The molecule has 0 saturated heterocycles. The first-order valence-electron chi connectivity index (χ1n) is 8.10. The van der Waals surface area contributed by atoms with Crippen molar-refractivity contribution >= 4 is 23.3 Å². The highest BCUT2D eigenvalue weighted by Crippen LogP contribution is 2.33. The Morgan fingerprint density at radius 2 is 1.77 bits per heavy atom. The van der Waals surface area contributed by atoms with Gasteiger partial charge in [0, 0.05) is 23.4 Å². The van der Waals surface area contributed by atoms with Gasteiger partial charge in [-0.3, -0.25) is 14.4 Å². The number of rotatable bonds is 3. The molecule has 7 heteroatoms. The highest BCUT2D eigenvalue weighted by molar-refractivity contribution is 6.07. The molecule has 3 N–H and O–H groups in total. The van der Waals surface area contributed by atoms with E-state index in [1.165, 1.54) is 30.3 Å². The Bertz CT molecular complexity index is 970. The van der Waals surface area contributed by atoms with E-state index in [9.17, 15) is 19.2 Å². The van der Waals surface area contributed by atoms with E-state index in [0.717, 1.165) is 0 Å². The summed E-state index contributed by atoms with van der Waals surface area (Å²) in [5, 5.41) is 11.4. The zero-order valence-corrected chi connectivity index (χ0v) is 14.4. The number of carboxylic acids is 1. The highest BCUT2D eigenvalue weighted by Gasteiger charge is 2.32. The average molecular weight is 354 g/mol. The second kappa shape index (κ2) is 6.25. The van der Waals surface area contributed by atoms with Crippen LogP contribution < -0.4 is 10.9 Å². The number of hydrogen-bond acceptors (Lipinski definition) is 4. The van der Waals surface area contributed by atoms with Crippen LogP contribution in [0.5, 0.6) is 0 Å². The summed E-state index contributed by atoms with van der Waals surface area (Å²) in [5.74, 6) is -1.84. The lowest BCUT2D eigenvalue weighted by atomic mass is 9.75. The summed E-state index contributed by atoms with van der Waals surface area (Å²) in [6.45, 7) is 3.90. The lowest BCUT2D eigenvalue weighted by Crippen LogP contribution is -2.32. The van der Waals surface area contributed by atoms with Gasteiger partial charge in [-0.25, -0.2) is 4.79 Å². The number of Topliss-reactive ketones (excluding diaryl/α,β-unsaturated/α-hetero) is 1. The molecule has 0 radical (unpaired) electrons. The first-order chi connectivity index (χ1) is 12.2. The van der Waals surface area contributed by atoms with E-state index >= 15 is 0 Å². The van der Waals surface area contributed by atoms with E-state index in [1.54, 1.807) is 0 Å². The number of carbonyl (C=O) groups is 3. The third kappa shape index (κ3) is 3.42. The van der Waals surface area contributed by atoms with Gasteiger partial charge < -0.3 is 15.4 Å². The molecule has 0 bridgehead atoms. The number of ketones is 1. The Morgan fingerprint density at radius 3 is 2.38 bits per heavy atom. The van der Waals surface area contributed by atoms with Crippen molar-refractivity contribution < 1.29 is 19.5 Å². The largest absolute Gasteiger partial charge is 0.478 e. The van der Waals surface area contributed by atoms with E-state index in [1.807, 2.05) is 13.8 Å². The number of fused-ring (bicyclic) bond motifs is 1. The van der Waals surface area contributed by atoms with E-state index < -0.39 is 17.4 Å². The minimum Gasteiger partial charge on any atom is -0.478 e. The molecule has 1 heterocycles. The predicted octanol–water partition coefficient (Wildman–Crippen LogP) is 2.48. The van der Waals surface area contributed by atoms with Gasteiger partial charge in [0.1, 0.15) is 5.56 Å². The van der Waals surface area contributed by atoms with E-state index in [-0.39, 0.29) is 22.3 Å². The number of benzene rings is 1. The van der Waals surface area contributed by atoms with Crippen molar-refractivity contribution in [2.45, 2.75) is 26.7 Å². The van der Waals surface area contributed by atoms with Crippen LogP contribution in [0.25, 0.3) is 0 Å². The highest BCUT2D eigenvalue weighted by atomic mass is 16.4. The molecule has 0 spiro atoms. The number of aromatic nitrogens is 1. The van der Waals surface area contributed by atoms with Crippen LogP contribution in [0, 0.1) is 5.41 Å². The van der Waals surface area contributed by atoms with Crippen molar-refractivity contribution in [3.8, 4) is 0 Å². The summed E-state index contributed by atoms with van der Waals surface area (Å²) in [6.07, 6.45) is 0.908. The summed E-state index contributed by atoms with van der Waals surface area (Å²) in [4.78, 5) is 50.5. The number of carbonyl (C=O) groups excluding carboxylic acids is 2. The molecule has 1 amide bonds. The first kappa shape index (κ1) is 17.6. The fraction of sp³-hybridized carbons (Fsp3) is 0.263. The Kier molecular flexibility index (Phi) is 4.23. The molecule has 1 aromatic heterocycles. The van der Waals surface area contributed by atoms with Crippen LogP contribution in [0.1, 0.15) is 57.0 Å². The van der Waals surface area contributed by atoms with Crippen molar-refractivity contribution in [1.29, 1.82) is 0 Å². The summed E-state index contributed by atoms with van der Waals surface area (Å²) in [5.41, 5.74) is 0.414. The number of anilines is 1. The maximum atomic E-state index is 12.4. The van der Waals surface area contributed by atoms with Crippen LogP contribution in [0.2, 0.25) is 0 Å². The van der Waals surface area contributed by atoms with Crippen LogP contribution in [-0.4, -0.2) is 27.8 Å². The average Bonchev–Trinajstić information content (AvgIpc) is 2.53. The number of carboxylic acid groups (broad SMARTS) is 1. The second-order valence-electron chi connectivity index (χ2n) is 7.18. The van der Waals surface area contributed by atoms with Crippen LogP contribution in [0.4, 0.5) is 5.69 Å². The van der Waals surface area contributed by atoms with Gasteiger partial charge in [0.15, 0.2) is 5.78 Å². The van der Waals surface area contributed by atoms with Gasteiger partial charge in [-0.1, -0.05) is 13.8 Å². The summed E-state index contributed by atoms with van der Waals surface area (Å²) >= 11 is 0. The van der Waals surface area contributed by atoms with Gasteiger partial charge in [-0.2, -0.15) is 0 Å². The van der Waals surface area contributed by atoms with Gasteiger partial charge in [-0.05, 0) is 42.2 Å². The van der Waals surface area contributed by atoms with Gasteiger partial charge >= 0.3 is 5.97 Å². The second-order valence-corrected chi connectivity index (χ2v) is 7.18. The molecule has 0 atom stereocenters. The van der Waals surface area contributed by atoms with E-state index in [2.05, 4.69) is 10.3 Å². The molecule has 0 fully saturated rings. The molecule has 7 nitrogen and oxygen atoms in total. The number of amides is 1. The SMILES string of the molecule is CC1(C)CC(=O)c2cc(C(=O)Nc3ccc(C(=O)O)cc3)c(=O)[nH]c2C1. The number of aromatic carboxylic acids is 1. The van der Waals surface area contributed by atoms with Crippen LogP contribution in [0.15, 0.2) is 35.1 Å². The lowest BCUT2D eigenvalue weighted by Gasteiger charge is -2.29. The third-order valence-electron chi connectivity index (χ3n) is 4.35. The Morgan fingerprint density at radius 1 is 1.12 bits per heavy atom. The Hall–Kier alpha value is -3.22. The minimum absolute atomic E-state index is 0.0860. The smallest absolute Gasteiger partial charge is 0.335 e. The fourth-order valence-corrected chi connectivity index (χ4v) is 3.09. The molecule has 0 aliphatic heterocycles. The first-order valence-corrected chi connectivity index (χ1v) is 8.10. The zero-order chi connectivity index (χ0) is 19.1. The molecule has 26 heavy (non-hydrogen) atoms. The number of H-pyrrole nitrogens is 1. The van der Waals surface area contributed by atoms with Crippen LogP contribution >= 0.6 is 0 Å². The van der Waals surface area contributed by atoms with Crippen molar-refractivity contribution in [3.05, 3.63) is 63.1 Å². The monoisotopic (exact) mass is 354 g/mol. The normalized spacial score (nSPS) is 15.2. The van der Waals surface area contributed by atoms with Crippen molar-refractivity contribution in [1.82, 2.24) is 4.98 Å². The molecule has 1 aliphatic carbocycles. The van der Waals surface area contributed by atoms with E-state index in [0.29, 0.717) is 29.8 Å². The molecule has 134 valence electrons. The maximum absolute atomic E-state index is 12.4. The number of hydrogen-bond donors (Lipinski definition) is 3. The van der Waals surface area contributed by atoms with Gasteiger partial charge in [0.05, 0.1) is 5.56 Å². The van der Waals surface area contributed by atoms with Crippen molar-refractivity contribution in [3.63, 3.8) is 0 Å². The summed E-state index contributed by atoms with van der Waals surface area (Å²) < 4.78 is 0. The standard InChI is InChI=1S/C19H18N2O5/c1-19(2)8-14-12(15(22)9-19)7-13(17(24)21-14)16(23)20-11-5-3-10(4-6-11)18(25)26/h3-7H,8-9H2,1-2H3,(H,20,23)(H,21,24)(H,25,26). The Labute approximate surface area is 149 Å². The third-order valence-corrected chi connectivity index (χ3v) is 4.35. The molecular formula is C19H18N2O5. The van der Waals surface area contributed by atoms with Crippen molar-refractivity contribution in [2.75, 3.05) is 5.32 Å².